The molecule has 90 valence electrons. The molecule has 0 unspecified atom stereocenters. The van der Waals surface area contributed by atoms with Crippen molar-refractivity contribution in [3.63, 3.8) is 0 Å². The molecule has 0 N–H and O–H groups in total. The topological polar surface area (TPSA) is 18.5 Å². The van der Waals surface area contributed by atoms with Crippen LogP contribution >= 0.6 is 0 Å². The van der Waals surface area contributed by atoms with Gasteiger partial charge in [-0.25, -0.2) is 0 Å². The highest BCUT2D eigenvalue weighted by Gasteiger charge is 2.14. The van der Waals surface area contributed by atoms with Crippen LogP contribution in [0.5, 0.6) is 11.5 Å². The van der Waals surface area contributed by atoms with Gasteiger partial charge in [-0.3, -0.25) is 0 Å². The number of hydrogen-bond donors (Lipinski definition) is 0. The molecule has 0 radical (unpaired) electrons. The maximum absolute atomic E-state index is 5.94. The molecule has 0 aliphatic carbocycles. The van der Waals surface area contributed by atoms with E-state index < -0.39 is 0 Å². The van der Waals surface area contributed by atoms with Crippen molar-refractivity contribution < 1.29 is 9.47 Å². The normalized spacial score (nSPS) is 13.3. The maximum atomic E-state index is 5.94. The van der Waals surface area contributed by atoms with Gasteiger partial charge in [-0.2, -0.15) is 0 Å². The van der Waals surface area contributed by atoms with E-state index in [0.29, 0.717) is 0 Å². The van der Waals surface area contributed by atoms with Crippen LogP contribution in [-0.4, -0.2) is 7.11 Å². The Hall–Kier alpha value is -2.22. The molecular formula is C16H14O2. The second-order valence-corrected chi connectivity index (χ2v) is 4.21. The fourth-order valence-corrected chi connectivity index (χ4v) is 2.07. The van der Waals surface area contributed by atoms with Gasteiger partial charge in [0.05, 0.1) is 7.11 Å². The zero-order chi connectivity index (χ0) is 12.4. The summed E-state index contributed by atoms with van der Waals surface area (Å²) in [4.78, 5) is 0. The maximum Gasteiger partial charge on any atom is 0.134 e. The Kier molecular flexibility index (Phi) is 2.77. The van der Waals surface area contributed by atoms with Crippen LogP contribution in [0, 0.1) is 0 Å². The minimum absolute atomic E-state index is 0.822. The van der Waals surface area contributed by atoms with Crippen molar-refractivity contribution in [2.45, 2.75) is 6.42 Å². The molecule has 0 bridgehead atoms. The van der Waals surface area contributed by atoms with Crippen LogP contribution in [0.15, 0.2) is 54.6 Å². The lowest BCUT2D eigenvalue weighted by Gasteiger charge is -2.19. The van der Waals surface area contributed by atoms with E-state index in [4.69, 9.17) is 9.47 Å². The molecule has 0 saturated carbocycles. The fourth-order valence-electron chi connectivity index (χ4n) is 2.07. The molecule has 3 rings (SSSR count). The Morgan fingerprint density at radius 2 is 1.89 bits per heavy atom. The first-order valence-electron chi connectivity index (χ1n) is 5.97. The van der Waals surface area contributed by atoms with Gasteiger partial charge in [0.2, 0.25) is 0 Å². The van der Waals surface area contributed by atoms with E-state index in [0.717, 1.165) is 29.2 Å². The SMILES string of the molecule is COc1ccc2c(c1)OC(c1ccccc1)=CC2. The average molecular weight is 238 g/mol. The molecule has 0 fully saturated rings. The molecule has 1 heterocycles. The van der Waals surface area contributed by atoms with Crippen molar-refractivity contribution in [3.8, 4) is 11.5 Å². The fraction of sp³-hybridized carbons (Fsp3) is 0.125. The second kappa shape index (κ2) is 4.57. The number of methoxy groups -OCH3 is 1. The molecule has 0 aromatic heterocycles. The highest BCUT2D eigenvalue weighted by Crippen LogP contribution is 2.33. The predicted octanol–water partition coefficient (Wildman–Crippen LogP) is 3.67. The third kappa shape index (κ3) is 1.97. The molecule has 0 spiro atoms. The van der Waals surface area contributed by atoms with Crippen molar-refractivity contribution in [3.05, 3.63) is 65.7 Å². The Bertz CT molecular complexity index is 585. The van der Waals surface area contributed by atoms with Gasteiger partial charge < -0.3 is 9.47 Å². The highest BCUT2D eigenvalue weighted by atomic mass is 16.5. The summed E-state index contributed by atoms with van der Waals surface area (Å²) >= 11 is 0. The standard InChI is InChI=1S/C16H14O2/c1-17-14-9-7-13-8-10-15(18-16(13)11-14)12-5-3-2-4-6-12/h2-7,9-11H,8H2,1H3. The van der Waals surface area contributed by atoms with Crippen LogP contribution in [0.3, 0.4) is 0 Å². The minimum atomic E-state index is 0.822. The molecule has 2 nitrogen and oxygen atoms in total. The number of ether oxygens (including phenoxy) is 2. The van der Waals surface area contributed by atoms with Crippen molar-refractivity contribution in [2.75, 3.05) is 7.11 Å². The Morgan fingerprint density at radius 1 is 1.06 bits per heavy atom. The third-order valence-electron chi connectivity index (χ3n) is 3.06. The molecule has 1 aliphatic heterocycles. The summed E-state index contributed by atoms with van der Waals surface area (Å²) in [7, 11) is 1.67. The van der Waals surface area contributed by atoms with Gasteiger partial charge >= 0.3 is 0 Å². The van der Waals surface area contributed by atoms with Crippen LogP contribution in [0.2, 0.25) is 0 Å². The lowest BCUT2D eigenvalue weighted by molar-refractivity contribution is 0.409. The van der Waals surface area contributed by atoms with E-state index >= 15 is 0 Å². The van der Waals surface area contributed by atoms with Gasteiger partial charge in [0.25, 0.3) is 0 Å². The van der Waals surface area contributed by atoms with Crippen LogP contribution in [0.1, 0.15) is 11.1 Å². The number of hydrogen-bond acceptors (Lipinski definition) is 2. The van der Waals surface area contributed by atoms with Crippen LogP contribution in [0.25, 0.3) is 5.76 Å². The zero-order valence-corrected chi connectivity index (χ0v) is 10.2. The van der Waals surface area contributed by atoms with E-state index in [1.807, 2.05) is 36.4 Å². The van der Waals surface area contributed by atoms with E-state index in [-0.39, 0.29) is 0 Å². The summed E-state index contributed by atoms with van der Waals surface area (Å²) in [5.74, 6) is 2.62. The molecule has 1 aliphatic rings. The summed E-state index contributed by atoms with van der Waals surface area (Å²) in [6.45, 7) is 0. The van der Waals surface area contributed by atoms with Crippen LogP contribution in [-0.2, 0) is 6.42 Å². The first-order chi connectivity index (χ1) is 8.86. The monoisotopic (exact) mass is 238 g/mol. The molecule has 18 heavy (non-hydrogen) atoms. The smallest absolute Gasteiger partial charge is 0.134 e. The van der Waals surface area contributed by atoms with Gasteiger partial charge in [-0.1, -0.05) is 36.4 Å². The van der Waals surface area contributed by atoms with Crippen molar-refractivity contribution >= 4 is 5.76 Å². The molecular weight excluding hydrogens is 224 g/mol. The zero-order valence-electron chi connectivity index (χ0n) is 10.2. The van der Waals surface area contributed by atoms with Crippen LogP contribution in [0.4, 0.5) is 0 Å². The number of benzene rings is 2. The summed E-state index contributed by atoms with van der Waals surface area (Å²) in [5.41, 5.74) is 2.29. The molecule has 0 amide bonds. The quantitative estimate of drug-likeness (QED) is 0.794. The Labute approximate surface area is 106 Å². The van der Waals surface area contributed by atoms with Crippen molar-refractivity contribution in [1.29, 1.82) is 0 Å². The Morgan fingerprint density at radius 3 is 2.67 bits per heavy atom. The lowest BCUT2D eigenvalue weighted by atomic mass is 10.0. The lowest BCUT2D eigenvalue weighted by Crippen LogP contribution is -2.04. The third-order valence-corrected chi connectivity index (χ3v) is 3.06. The van der Waals surface area contributed by atoms with Gasteiger partial charge in [0.1, 0.15) is 17.3 Å². The van der Waals surface area contributed by atoms with Crippen LogP contribution < -0.4 is 9.47 Å². The summed E-state index contributed by atoms with van der Waals surface area (Å²) in [5, 5.41) is 0. The summed E-state index contributed by atoms with van der Waals surface area (Å²) in [6, 6.07) is 16.1. The minimum Gasteiger partial charge on any atom is -0.497 e. The van der Waals surface area contributed by atoms with Gasteiger partial charge in [-0.15, -0.1) is 0 Å². The van der Waals surface area contributed by atoms with E-state index in [1.54, 1.807) is 7.11 Å². The Balaban J connectivity index is 1.93. The molecule has 2 aromatic rings. The van der Waals surface area contributed by atoms with E-state index in [1.165, 1.54) is 5.56 Å². The number of allylic oxidation sites excluding steroid dienone is 1. The van der Waals surface area contributed by atoms with E-state index in [2.05, 4.69) is 18.2 Å². The first-order valence-corrected chi connectivity index (χ1v) is 5.97. The van der Waals surface area contributed by atoms with Gasteiger partial charge in [-0.05, 0) is 24.1 Å². The van der Waals surface area contributed by atoms with Gasteiger partial charge in [0, 0.05) is 11.6 Å². The molecule has 0 saturated heterocycles. The first kappa shape index (κ1) is 10.9. The highest BCUT2D eigenvalue weighted by molar-refractivity contribution is 5.65. The largest absolute Gasteiger partial charge is 0.497 e. The van der Waals surface area contributed by atoms with Gasteiger partial charge in [0.15, 0.2) is 0 Å². The number of rotatable bonds is 2. The predicted molar refractivity (Wildman–Crippen MR) is 71.7 cm³/mol. The molecule has 2 heteroatoms. The molecule has 2 aromatic carbocycles. The number of fused-ring (bicyclic) bond motifs is 1. The summed E-state index contributed by atoms with van der Waals surface area (Å²) in [6.07, 6.45) is 3.01. The molecule has 0 atom stereocenters. The second-order valence-electron chi connectivity index (χ2n) is 4.21. The summed E-state index contributed by atoms with van der Waals surface area (Å²) < 4.78 is 11.2. The van der Waals surface area contributed by atoms with E-state index in [9.17, 15) is 0 Å². The average Bonchev–Trinajstić information content (AvgIpc) is 2.47. The van der Waals surface area contributed by atoms with Crippen molar-refractivity contribution in [1.82, 2.24) is 0 Å². The van der Waals surface area contributed by atoms with Crippen molar-refractivity contribution in [2.24, 2.45) is 0 Å².